The van der Waals surface area contributed by atoms with Gasteiger partial charge in [0.1, 0.15) is 0 Å². The molecule has 30 heavy (non-hydrogen) atoms. The van der Waals surface area contributed by atoms with Gasteiger partial charge in [0.2, 0.25) is 10.0 Å². The first-order valence-corrected chi connectivity index (χ1v) is 11.6. The standard InChI is InChI=1S/C21H29N3O5S/c1-5-22-30(27,28)16-8-6-7-14(11-16)19(26)29-13-18(25)24-23-17-12-15-9-10-21(17,4)20(15,2)3/h6-8,11,15,22H,5,9-10,12-13H2,1-4H3,(H,24,25)/b23-17-/t15-,21+/m0/s1. The Morgan fingerprint density at radius 2 is 2.00 bits per heavy atom. The monoisotopic (exact) mass is 435 g/mol. The molecule has 0 aromatic heterocycles. The minimum atomic E-state index is -3.69. The van der Waals surface area contributed by atoms with Crippen LogP contribution < -0.4 is 10.1 Å². The van der Waals surface area contributed by atoms with E-state index >= 15 is 0 Å². The van der Waals surface area contributed by atoms with Crippen LogP contribution in [0.4, 0.5) is 0 Å². The number of nitrogens with zero attached hydrogens (tertiary/aromatic N) is 1. The van der Waals surface area contributed by atoms with Crippen molar-refractivity contribution in [1.29, 1.82) is 0 Å². The number of rotatable bonds is 7. The molecule has 0 saturated heterocycles. The molecule has 2 aliphatic carbocycles. The molecule has 1 aromatic rings. The Morgan fingerprint density at radius 3 is 2.60 bits per heavy atom. The van der Waals surface area contributed by atoms with E-state index < -0.39 is 28.5 Å². The number of hydrazone groups is 1. The van der Waals surface area contributed by atoms with Crippen molar-refractivity contribution in [3.05, 3.63) is 29.8 Å². The van der Waals surface area contributed by atoms with Gasteiger partial charge in [-0.1, -0.05) is 33.8 Å². The maximum Gasteiger partial charge on any atom is 0.338 e. The van der Waals surface area contributed by atoms with Gasteiger partial charge in [0.15, 0.2) is 6.61 Å². The summed E-state index contributed by atoms with van der Waals surface area (Å²) in [4.78, 5) is 24.3. The van der Waals surface area contributed by atoms with Crippen molar-refractivity contribution >= 4 is 27.6 Å². The molecule has 0 aliphatic heterocycles. The third-order valence-corrected chi connectivity index (χ3v) is 8.42. The summed E-state index contributed by atoms with van der Waals surface area (Å²) in [5, 5.41) is 4.33. The maximum atomic E-state index is 12.2. The molecule has 2 fully saturated rings. The van der Waals surface area contributed by atoms with Crippen LogP contribution in [0, 0.1) is 16.7 Å². The number of esters is 1. The third-order valence-electron chi connectivity index (χ3n) is 6.88. The number of fused-ring (bicyclic) bond motifs is 2. The Labute approximate surface area is 177 Å². The summed E-state index contributed by atoms with van der Waals surface area (Å²) in [5.74, 6) is -0.738. The van der Waals surface area contributed by atoms with E-state index in [2.05, 4.69) is 36.0 Å². The van der Waals surface area contributed by atoms with E-state index in [1.807, 2.05) is 0 Å². The van der Waals surface area contributed by atoms with Gasteiger partial charge in [-0.05, 0) is 48.8 Å². The van der Waals surface area contributed by atoms with Crippen molar-refractivity contribution in [2.75, 3.05) is 13.2 Å². The summed E-state index contributed by atoms with van der Waals surface area (Å²) in [5.41, 5.74) is 3.67. The fourth-order valence-electron chi connectivity index (χ4n) is 4.54. The molecule has 0 spiro atoms. The van der Waals surface area contributed by atoms with Crippen molar-refractivity contribution < 1.29 is 22.7 Å². The van der Waals surface area contributed by atoms with Gasteiger partial charge >= 0.3 is 5.97 Å². The van der Waals surface area contributed by atoms with Gasteiger partial charge in [0.25, 0.3) is 5.91 Å². The Bertz CT molecular complexity index is 986. The zero-order chi connectivity index (χ0) is 22.2. The normalized spacial score (nSPS) is 26.0. The fraction of sp³-hybridized carbons (Fsp3) is 0.571. The summed E-state index contributed by atoms with van der Waals surface area (Å²) < 4.78 is 31.5. The molecule has 1 aromatic carbocycles. The Kier molecular flexibility index (Phi) is 6.06. The van der Waals surface area contributed by atoms with E-state index in [1.54, 1.807) is 6.92 Å². The minimum Gasteiger partial charge on any atom is -0.452 e. The van der Waals surface area contributed by atoms with Crippen LogP contribution in [-0.2, 0) is 19.6 Å². The van der Waals surface area contributed by atoms with E-state index in [9.17, 15) is 18.0 Å². The molecule has 0 unspecified atom stereocenters. The van der Waals surface area contributed by atoms with E-state index in [1.165, 1.54) is 30.7 Å². The molecular weight excluding hydrogens is 406 g/mol. The first-order chi connectivity index (χ1) is 14.0. The van der Waals surface area contributed by atoms with E-state index in [4.69, 9.17) is 4.74 Å². The van der Waals surface area contributed by atoms with Crippen molar-refractivity contribution in [3.8, 4) is 0 Å². The quantitative estimate of drug-likeness (QED) is 0.504. The third kappa shape index (κ3) is 4.00. The second-order valence-corrected chi connectivity index (χ2v) is 10.5. The molecule has 2 bridgehead atoms. The first-order valence-electron chi connectivity index (χ1n) is 10.1. The number of nitrogens with one attached hydrogen (secondary N) is 2. The largest absolute Gasteiger partial charge is 0.452 e. The predicted molar refractivity (Wildman–Crippen MR) is 112 cm³/mol. The van der Waals surface area contributed by atoms with Gasteiger partial charge < -0.3 is 4.74 Å². The van der Waals surface area contributed by atoms with Crippen LogP contribution in [0.1, 0.15) is 57.3 Å². The molecule has 2 saturated carbocycles. The molecule has 9 heteroatoms. The highest BCUT2D eigenvalue weighted by molar-refractivity contribution is 7.89. The molecule has 0 radical (unpaired) electrons. The second kappa shape index (κ2) is 8.11. The van der Waals surface area contributed by atoms with Crippen LogP contribution in [0.15, 0.2) is 34.3 Å². The summed E-state index contributed by atoms with van der Waals surface area (Å²) in [7, 11) is -3.69. The maximum absolute atomic E-state index is 12.2. The highest BCUT2D eigenvalue weighted by Crippen LogP contribution is 2.63. The van der Waals surface area contributed by atoms with Crippen LogP contribution in [-0.4, -0.2) is 39.2 Å². The lowest BCUT2D eigenvalue weighted by atomic mass is 9.70. The molecule has 1 amide bonds. The molecule has 2 atom stereocenters. The smallest absolute Gasteiger partial charge is 0.338 e. The summed E-state index contributed by atoms with van der Waals surface area (Å²) >= 11 is 0. The Hall–Kier alpha value is -2.26. The second-order valence-electron chi connectivity index (χ2n) is 8.69. The lowest BCUT2D eigenvalue weighted by Crippen LogP contribution is -2.34. The predicted octanol–water partition coefficient (Wildman–Crippen LogP) is 2.46. The molecule has 8 nitrogen and oxygen atoms in total. The Balaban J connectivity index is 1.58. The van der Waals surface area contributed by atoms with Gasteiger partial charge in [0.05, 0.1) is 10.5 Å². The van der Waals surface area contributed by atoms with Crippen LogP contribution in [0.5, 0.6) is 0 Å². The number of sulfonamides is 1. The summed E-state index contributed by atoms with van der Waals surface area (Å²) in [6.07, 6.45) is 3.10. The zero-order valence-corrected chi connectivity index (χ0v) is 18.6. The number of hydrogen-bond donors (Lipinski definition) is 2. The zero-order valence-electron chi connectivity index (χ0n) is 17.8. The summed E-state index contributed by atoms with van der Waals surface area (Å²) in [6, 6.07) is 5.49. The number of ether oxygens (including phenoxy) is 1. The molecular formula is C21H29N3O5S. The van der Waals surface area contributed by atoms with E-state index in [0.29, 0.717) is 5.92 Å². The van der Waals surface area contributed by atoms with Crippen LogP contribution >= 0.6 is 0 Å². The summed E-state index contributed by atoms with van der Waals surface area (Å²) in [6.45, 7) is 8.09. The van der Waals surface area contributed by atoms with Crippen molar-refractivity contribution in [1.82, 2.24) is 10.1 Å². The lowest BCUT2D eigenvalue weighted by Gasteiger charge is -2.34. The molecule has 164 valence electrons. The molecule has 2 N–H and O–H groups in total. The molecule has 2 aliphatic rings. The lowest BCUT2D eigenvalue weighted by molar-refractivity contribution is -0.124. The molecule has 0 heterocycles. The highest BCUT2D eigenvalue weighted by atomic mass is 32.2. The number of benzene rings is 1. The van der Waals surface area contributed by atoms with E-state index in [0.717, 1.165) is 18.6 Å². The van der Waals surface area contributed by atoms with Gasteiger partial charge in [-0.2, -0.15) is 5.10 Å². The van der Waals surface area contributed by atoms with Crippen LogP contribution in [0.2, 0.25) is 0 Å². The van der Waals surface area contributed by atoms with Gasteiger partial charge in [-0.3, -0.25) is 4.79 Å². The average molecular weight is 436 g/mol. The van der Waals surface area contributed by atoms with Crippen molar-refractivity contribution in [3.63, 3.8) is 0 Å². The Morgan fingerprint density at radius 1 is 1.27 bits per heavy atom. The van der Waals surface area contributed by atoms with Crippen LogP contribution in [0.3, 0.4) is 0 Å². The number of hydrogen-bond acceptors (Lipinski definition) is 6. The number of carbonyl (C=O) groups excluding carboxylic acids is 2. The van der Waals surface area contributed by atoms with Crippen molar-refractivity contribution in [2.24, 2.45) is 21.8 Å². The number of carbonyl (C=O) groups is 2. The van der Waals surface area contributed by atoms with Gasteiger partial charge in [-0.25, -0.2) is 23.4 Å². The number of amides is 1. The SMILES string of the molecule is CCNS(=O)(=O)c1cccc(C(=O)OCC(=O)N/N=C2/C[C@@H]3CC[C@@]2(C)C3(C)C)c1. The highest BCUT2D eigenvalue weighted by Gasteiger charge is 2.60. The van der Waals surface area contributed by atoms with Crippen LogP contribution in [0.25, 0.3) is 0 Å². The van der Waals surface area contributed by atoms with Crippen molar-refractivity contribution in [2.45, 2.75) is 51.9 Å². The molecule has 3 rings (SSSR count). The average Bonchev–Trinajstić information content (AvgIpc) is 3.04. The topological polar surface area (TPSA) is 114 Å². The minimum absolute atomic E-state index is 0.0277. The van der Waals surface area contributed by atoms with Gasteiger partial charge in [-0.15, -0.1) is 0 Å². The van der Waals surface area contributed by atoms with E-state index in [-0.39, 0.29) is 27.8 Å². The fourth-order valence-corrected chi connectivity index (χ4v) is 5.62. The van der Waals surface area contributed by atoms with Gasteiger partial charge in [0, 0.05) is 17.7 Å². The first kappa shape index (κ1) is 22.4.